The number of rotatable bonds is 4. The molecule has 0 saturated carbocycles. The largest absolute Gasteiger partial charge is 0.347 e. The van der Waals surface area contributed by atoms with Gasteiger partial charge in [-0.1, -0.05) is 18.2 Å². The molecule has 3 rings (SSSR count). The molecule has 0 radical (unpaired) electrons. The van der Waals surface area contributed by atoms with Crippen molar-refractivity contribution in [1.29, 1.82) is 0 Å². The molecule has 0 spiro atoms. The van der Waals surface area contributed by atoms with E-state index in [2.05, 4.69) is 20.3 Å². The van der Waals surface area contributed by atoms with Crippen molar-refractivity contribution in [3.8, 4) is 5.69 Å². The third-order valence-electron chi connectivity index (χ3n) is 3.79. The minimum absolute atomic E-state index is 0.0539. The van der Waals surface area contributed by atoms with Crippen LogP contribution in [0.4, 0.5) is 17.6 Å². The number of hydrogen-bond acceptors (Lipinski definition) is 6. The Hall–Kier alpha value is -2.87. The lowest BCUT2D eigenvalue weighted by atomic mass is 10.3. The maximum Gasteiger partial charge on any atom is 0.295 e. The summed E-state index contributed by atoms with van der Waals surface area (Å²) < 4.78 is 3.35. The smallest absolute Gasteiger partial charge is 0.295 e. The van der Waals surface area contributed by atoms with E-state index in [1.165, 1.54) is 0 Å². The molecule has 0 atom stereocenters. The second-order valence-corrected chi connectivity index (χ2v) is 6.02. The van der Waals surface area contributed by atoms with Crippen LogP contribution in [0.1, 0.15) is 5.69 Å². The number of nitrogens with zero attached hydrogens (tertiary/aromatic N) is 6. The van der Waals surface area contributed by atoms with E-state index in [4.69, 9.17) is 11.6 Å². The van der Waals surface area contributed by atoms with Gasteiger partial charge in [0, 0.05) is 21.1 Å². The van der Waals surface area contributed by atoms with Crippen LogP contribution in [0, 0.1) is 6.92 Å². The molecule has 2 aromatic heterocycles. The highest BCUT2D eigenvalue weighted by molar-refractivity contribution is 6.28. The normalized spacial score (nSPS) is 10.8. The van der Waals surface area contributed by atoms with Crippen molar-refractivity contribution in [3.05, 3.63) is 51.7 Å². The molecule has 2 heterocycles. The van der Waals surface area contributed by atoms with Crippen molar-refractivity contribution in [2.75, 3.05) is 24.3 Å². The van der Waals surface area contributed by atoms with Gasteiger partial charge in [-0.2, -0.15) is 15.0 Å². The van der Waals surface area contributed by atoms with Gasteiger partial charge in [0.25, 0.3) is 5.56 Å². The molecule has 0 amide bonds. The molecule has 1 N–H and O–H groups in total. The van der Waals surface area contributed by atoms with E-state index in [0.717, 1.165) is 11.4 Å². The molecule has 0 saturated heterocycles. The number of anilines is 3. The summed E-state index contributed by atoms with van der Waals surface area (Å²) in [4.78, 5) is 26.9. The molecule has 0 unspecified atom stereocenters. The summed E-state index contributed by atoms with van der Waals surface area (Å²) in [6, 6.07) is 9.40. The van der Waals surface area contributed by atoms with Crippen molar-refractivity contribution in [2.45, 2.75) is 6.92 Å². The molecule has 0 fully saturated rings. The lowest BCUT2D eigenvalue weighted by molar-refractivity contribution is 0.630. The summed E-state index contributed by atoms with van der Waals surface area (Å²) in [6.07, 6.45) is 0. The molecule has 130 valence electrons. The monoisotopic (exact) mass is 359 g/mol. The van der Waals surface area contributed by atoms with Crippen molar-refractivity contribution in [3.63, 3.8) is 0 Å². The van der Waals surface area contributed by atoms with Gasteiger partial charge in [-0.3, -0.25) is 9.48 Å². The van der Waals surface area contributed by atoms with Gasteiger partial charge >= 0.3 is 0 Å². The zero-order valence-electron chi connectivity index (χ0n) is 14.4. The molecule has 1 aromatic carbocycles. The van der Waals surface area contributed by atoms with Gasteiger partial charge in [-0.05, 0) is 30.7 Å². The number of para-hydroxylation sites is 1. The summed E-state index contributed by atoms with van der Waals surface area (Å²) in [6.45, 7) is 1.85. The Bertz CT molecular complexity index is 963. The number of nitrogens with one attached hydrogen (secondary N) is 1. The van der Waals surface area contributed by atoms with Crippen LogP contribution in [0.5, 0.6) is 0 Å². The fourth-order valence-corrected chi connectivity index (χ4v) is 2.58. The second kappa shape index (κ2) is 6.56. The van der Waals surface area contributed by atoms with Crippen molar-refractivity contribution in [2.24, 2.45) is 7.05 Å². The van der Waals surface area contributed by atoms with Gasteiger partial charge in [-0.25, -0.2) is 4.68 Å². The quantitative estimate of drug-likeness (QED) is 0.768. The number of halogens is 1. The second-order valence-electron chi connectivity index (χ2n) is 5.68. The number of benzene rings is 1. The molecule has 0 aliphatic rings. The van der Waals surface area contributed by atoms with Crippen molar-refractivity contribution >= 4 is 29.2 Å². The van der Waals surface area contributed by atoms with E-state index in [9.17, 15) is 4.79 Å². The van der Waals surface area contributed by atoms with E-state index < -0.39 is 0 Å². The minimum atomic E-state index is -0.200. The first-order valence-corrected chi connectivity index (χ1v) is 7.96. The summed E-state index contributed by atoms with van der Waals surface area (Å²) in [5.41, 5.74) is 1.71. The van der Waals surface area contributed by atoms with E-state index in [1.54, 1.807) is 28.4 Å². The van der Waals surface area contributed by atoms with Crippen LogP contribution < -0.4 is 15.8 Å². The third-order valence-corrected chi connectivity index (χ3v) is 3.96. The third kappa shape index (κ3) is 3.20. The standard InChI is InChI=1S/C16H18ClN7O/c1-10-12(18-15-19-14(17)20-16(21-15)22(2)3)13(25)24(23(10)4)11-8-6-5-7-9-11/h5-9H,1-4H3,(H,18,19,20,21). The maximum absolute atomic E-state index is 12.9. The van der Waals surface area contributed by atoms with Gasteiger partial charge in [0.15, 0.2) is 0 Å². The highest BCUT2D eigenvalue weighted by Gasteiger charge is 2.18. The first-order valence-electron chi connectivity index (χ1n) is 7.58. The summed E-state index contributed by atoms with van der Waals surface area (Å²) >= 11 is 5.95. The van der Waals surface area contributed by atoms with Gasteiger partial charge in [0.1, 0.15) is 5.69 Å². The van der Waals surface area contributed by atoms with Crippen LogP contribution in [0.25, 0.3) is 5.69 Å². The molecule has 0 aliphatic heterocycles. The molecule has 25 heavy (non-hydrogen) atoms. The Labute approximate surface area is 149 Å². The lowest BCUT2D eigenvalue weighted by Crippen LogP contribution is -2.21. The average Bonchev–Trinajstić information content (AvgIpc) is 2.79. The molecule has 0 bridgehead atoms. The molecule has 0 aliphatic carbocycles. The van der Waals surface area contributed by atoms with Gasteiger partial charge < -0.3 is 10.2 Å². The zero-order valence-corrected chi connectivity index (χ0v) is 15.1. The molecule has 3 aromatic rings. The Morgan fingerprint density at radius 1 is 1.12 bits per heavy atom. The van der Waals surface area contributed by atoms with Crippen molar-refractivity contribution < 1.29 is 0 Å². The molecule has 9 heteroatoms. The van der Waals surface area contributed by atoms with Crippen LogP contribution in [-0.4, -0.2) is 38.4 Å². The maximum atomic E-state index is 12.9. The van der Waals surface area contributed by atoms with Crippen LogP contribution in [0.2, 0.25) is 5.28 Å². The van der Waals surface area contributed by atoms with Crippen LogP contribution in [0.3, 0.4) is 0 Å². The fourth-order valence-electron chi connectivity index (χ4n) is 2.42. The van der Waals surface area contributed by atoms with E-state index in [0.29, 0.717) is 11.6 Å². The SMILES string of the molecule is Cc1c(Nc2nc(Cl)nc(N(C)C)n2)c(=O)n(-c2ccccc2)n1C. The van der Waals surface area contributed by atoms with E-state index in [-0.39, 0.29) is 16.8 Å². The average molecular weight is 360 g/mol. The Morgan fingerprint density at radius 2 is 1.80 bits per heavy atom. The van der Waals surface area contributed by atoms with Crippen molar-refractivity contribution in [1.82, 2.24) is 24.3 Å². The first-order chi connectivity index (χ1) is 11.9. The van der Waals surface area contributed by atoms with Crippen LogP contribution in [-0.2, 0) is 7.05 Å². The number of aromatic nitrogens is 5. The highest BCUT2D eigenvalue weighted by atomic mass is 35.5. The van der Waals surface area contributed by atoms with Gasteiger partial charge in [0.2, 0.25) is 17.2 Å². The van der Waals surface area contributed by atoms with E-state index >= 15 is 0 Å². The van der Waals surface area contributed by atoms with Crippen LogP contribution in [0.15, 0.2) is 35.1 Å². The summed E-state index contributed by atoms with van der Waals surface area (Å²) in [5.74, 6) is 0.620. The lowest BCUT2D eigenvalue weighted by Gasteiger charge is -2.11. The fraction of sp³-hybridized carbons (Fsp3) is 0.250. The van der Waals surface area contributed by atoms with Crippen LogP contribution >= 0.6 is 11.6 Å². The summed E-state index contributed by atoms with van der Waals surface area (Å²) in [7, 11) is 5.41. The Balaban J connectivity index is 2.07. The first kappa shape index (κ1) is 17.0. The predicted octanol–water partition coefficient (Wildman–Crippen LogP) is 2.13. The predicted molar refractivity (Wildman–Crippen MR) is 98.2 cm³/mol. The Kier molecular flexibility index (Phi) is 4.45. The van der Waals surface area contributed by atoms with Gasteiger partial charge in [-0.15, -0.1) is 0 Å². The van der Waals surface area contributed by atoms with Gasteiger partial charge in [0.05, 0.1) is 11.4 Å². The molecular formula is C16H18ClN7O. The minimum Gasteiger partial charge on any atom is -0.347 e. The summed E-state index contributed by atoms with van der Waals surface area (Å²) in [5, 5.41) is 3.03. The van der Waals surface area contributed by atoms with E-state index in [1.807, 2.05) is 44.3 Å². The Morgan fingerprint density at radius 3 is 2.44 bits per heavy atom. The zero-order chi connectivity index (χ0) is 18.1. The highest BCUT2D eigenvalue weighted by Crippen LogP contribution is 2.19. The topological polar surface area (TPSA) is 80.9 Å². The molecular weight excluding hydrogens is 342 g/mol. The molecule has 8 nitrogen and oxygen atoms in total. The number of hydrogen-bond donors (Lipinski definition) is 1.